The lowest BCUT2D eigenvalue weighted by atomic mass is 9.98. The van der Waals surface area contributed by atoms with Gasteiger partial charge in [0.1, 0.15) is 11.5 Å². The fraction of sp³-hybridized carbons (Fsp3) is 0.462. The molecule has 0 radical (unpaired) electrons. The van der Waals surface area contributed by atoms with E-state index in [1.54, 1.807) is 0 Å². The van der Waals surface area contributed by atoms with E-state index in [-0.39, 0.29) is 11.8 Å². The summed E-state index contributed by atoms with van der Waals surface area (Å²) in [6, 6.07) is 8.28. The minimum Gasteiger partial charge on any atom is -0.381 e. The normalized spacial score (nSPS) is 17.5. The van der Waals surface area contributed by atoms with Gasteiger partial charge in [-0.15, -0.1) is 0 Å². The molecule has 0 spiro atoms. The standard InChI is InChI=1S/C26H32ClN5O2/c1-2-18-3-4-21(23(27)13-18)22-17-32-24(14-20(22)15-28)29-16-25(32)30-7-9-31(10-8-30)26(33)19-5-11-34-12-6-19/h3-4,13-14,16-17,19H,2,5-12,15,28H2,1H3. The summed E-state index contributed by atoms with van der Waals surface area (Å²) in [5.41, 5.74) is 11.2. The fourth-order valence-electron chi connectivity index (χ4n) is 5.05. The number of piperazine rings is 1. The van der Waals surface area contributed by atoms with E-state index in [2.05, 4.69) is 39.5 Å². The highest BCUT2D eigenvalue weighted by Crippen LogP contribution is 2.33. The Bertz CT molecular complexity index is 1180. The molecular formula is C26H32ClN5O2. The molecule has 2 saturated heterocycles. The number of hydrogen-bond donors (Lipinski definition) is 1. The zero-order valence-electron chi connectivity index (χ0n) is 19.7. The highest BCUT2D eigenvalue weighted by atomic mass is 35.5. The van der Waals surface area contributed by atoms with Crippen molar-refractivity contribution in [3.05, 3.63) is 52.8 Å². The number of fused-ring (bicyclic) bond motifs is 1. The van der Waals surface area contributed by atoms with Crippen LogP contribution in [0.4, 0.5) is 5.82 Å². The van der Waals surface area contributed by atoms with Crippen LogP contribution in [0.15, 0.2) is 36.7 Å². The number of carbonyl (C=O) groups excluding carboxylic acids is 1. The molecule has 5 rings (SSSR count). The summed E-state index contributed by atoms with van der Waals surface area (Å²) < 4.78 is 7.54. The van der Waals surface area contributed by atoms with E-state index in [0.717, 1.165) is 78.6 Å². The van der Waals surface area contributed by atoms with E-state index in [9.17, 15) is 4.79 Å². The van der Waals surface area contributed by atoms with Crippen molar-refractivity contribution in [3.8, 4) is 11.1 Å². The Hall–Kier alpha value is -2.61. The van der Waals surface area contributed by atoms with Gasteiger partial charge in [-0.25, -0.2) is 4.98 Å². The van der Waals surface area contributed by atoms with Gasteiger partial charge < -0.3 is 20.3 Å². The van der Waals surface area contributed by atoms with E-state index in [1.807, 2.05) is 23.2 Å². The van der Waals surface area contributed by atoms with Crippen LogP contribution in [0.25, 0.3) is 16.8 Å². The van der Waals surface area contributed by atoms with Gasteiger partial charge in [-0.2, -0.15) is 0 Å². The summed E-state index contributed by atoms with van der Waals surface area (Å²) >= 11 is 6.67. The third kappa shape index (κ3) is 4.40. The lowest BCUT2D eigenvalue weighted by Gasteiger charge is -2.37. The van der Waals surface area contributed by atoms with Crippen LogP contribution in [0.1, 0.15) is 30.9 Å². The second-order valence-electron chi connectivity index (χ2n) is 9.13. The van der Waals surface area contributed by atoms with Gasteiger partial charge in [0.05, 0.1) is 6.20 Å². The third-order valence-corrected chi connectivity index (χ3v) is 7.46. The number of nitrogens with two attached hydrogens (primary N) is 1. The minimum absolute atomic E-state index is 0.109. The number of hydrogen-bond acceptors (Lipinski definition) is 5. The van der Waals surface area contributed by atoms with Gasteiger partial charge in [-0.3, -0.25) is 9.20 Å². The first-order valence-electron chi connectivity index (χ1n) is 12.2. The van der Waals surface area contributed by atoms with Gasteiger partial charge in [-0.1, -0.05) is 30.7 Å². The Morgan fingerprint density at radius 2 is 1.91 bits per heavy atom. The molecule has 2 aliphatic heterocycles. The van der Waals surface area contributed by atoms with Crippen LogP contribution in [-0.2, 0) is 22.5 Å². The monoisotopic (exact) mass is 481 g/mol. The Balaban J connectivity index is 1.40. The third-order valence-electron chi connectivity index (χ3n) is 7.15. The number of anilines is 1. The first-order chi connectivity index (χ1) is 16.6. The lowest BCUT2D eigenvalue weighted by molar-refractivity contribution is -0.138. The van der Waals surface area contributed by atoms with E-state index in [4.69, 9.17) is 22.1 Å². The highest BCUT2D eigenvalue weighted by molar-refractivity contribution is 6.33. The van der Waals surface area contributed by atoms with E-state index < -0.39 is 0 Å². The van der Waals surface area contributed by atoms with Crippen LogP contribution >= 0.6 is 11.6 Å². The Labute approximate surface area is 205 Å². The maximum absolute atomic E-state index is 12.9. The number of aromatic nitrogens is 2. The molecule has 0 bridgehead atoms. The topological polar surface area (TPSA) is 76.1 Å². The van der Waals surface area contributed by atoms with E-state index >= 15 is 0 Å². The molecule has 0 atom stereocenters. The van der Waals surface area contributed by atoms with Crippen LogP contribution < -0.4 is 10.6 Å². The average molecular weight is 482 g/mol. The van der Waals surface area contributed by atoms with Crippen molar-refractivity contribution in [1.82, 2.24) is 14.3 Å². The summed E-state index contributed by atoms with van der Waals surface area (Å²) in [6.07, 6.45) is 6.63. The number of aryl methyl sites for hydroxylation is 1. The van der Waals surface area contributed by atoms with Crippen molar-refractivity contribution >= 4 is 29.0 Å². The lowest BCUT2D eigenvalue weighted by Crippen LogP contribution is -2.51. The van der Waals surface area contributed by atoms with Crippen LogP contribution in [0.2, 0.25) is 5.02 Å². The molecule has 2 N–H and O–H groups in total. The summed E-state index contributed by atoms with van der Waals surface area (Å²) in [5, 5.41) is 0.732. The number of carbonyl (C=O) groups is 1. The van der Waals surface area contributed by atoms with E-state index in [1.165, 1.54) is 5.56 Å². The summed E-state index contributed by atoms with van der Waals surface area (Å²) in [5.74, 6) is 1.41. The smallest absolute Gasteiger partial charge is 0.225 e. The molecule has 1 aromatic carbocycles. The molecule has 2 fully saturated rings. The molecule has 34 heavy (non-hydrogen) atoms. The molecule has 8 heteroatoms. The first-order valence-corrected chi connectivity index (χ1v) is 12.6. The van der Waals surface area contributed by atoms with Gasteiger partial charge in [0.25, 0.3) is 0 Å². The number of nitrogens with zero attached hydrogens (tertiary/aromatic N) is 4. The minimum atomic E-state index is 0.109. The van der Waals surface area contributed by atoms with Crippen molar-refractivity contribution < 1.29 is 9.53 Å². The summed E-state index contributed by atoms with van der Waals surface area (Å²) in [7, 11) is 0. The van der Waals surface area contributed by atoms with Crippen molar-refractivity contribution in [2.24, 2.45) is 11.7 Å². The second kappa shape index (κ2) is 9.94. The van der Waals surface area contributed by atoms with Crippen molar-refractivity contribution in [2.45, 2.75) is 32.7 Å². The molecule has 7 nitrogen and oxygen atoms in total. The molecule has 0 aliphatic carbocycles. The van der Waals surface area contributed by atoms with Crippen molar-refractivity contribution in [3.63, 3.8) is 0 Å². The fourth-order valence-corrected chi connectivity index (χ4v) is 5.36. The van der Waals surface area contributed by atoms with E-state index in [0.29, 0.717) is 19.8 Å². The first kappa shape index (κ1) is 23.1. The second-order valence-corrected chi connectivity index (χ2v) is 9.54. The number of benzene rings is 1. The molecule has 180 valence electrons. The Kier molecular flexibility index (Phi) is 6.77. The average Bonchev–Trinajstić information content (AvgIpc) is 3.31. The van der Waals surface area contributed by atoms with Gasteiger partial charge in [0.2, 0.25) is 5.91 Å². The molecule has 2 aliphatic rings. The zero-order chi connectivity index (χ0) is 23.7. The maximum atomic E-state index is 12.9. The van der Waals surface area contributed by atoms with Gasteiger partial charge in [0, 0.05) is 74.2 Å². The zero-order valence-corrected chi connectivity index (χ0v) is 20.4. The summed E-state index contributed by atoms with van der Waals surface area (Å²) in [4.78, 5) is 21.9. The van der Waals surface area contributed by atoms with Gasteiger partial charge in [-0.05, 0) is 42.5 Å². The molecular weight excluding hydrogens is 450 g/mol. The maximum Gasteiger partial charge on any atom is 0.225 e. The largest absolute Gasteiger partial charge is 0.381 e. The number of halogens is 1. The number of ether oxygens (including phenoxy) is 1. The molecule has 2 aromatic heterocycles. The Morgan fingerprint density at radius 3 is 2.59 bits per heavy atom. The number of pyridine rings is 1. The van der Waals surface area contributed by atoms with Crippen molar-refractivity contribution in [1.29, 1.82) is 0 Å². The van der Waals surface area contributed by atoms with Gasteiger partial charge >= 0.3 is 0 Å². The van der Waals surface area contributed by atoms with Crippen LogP contribution in [-0.4, -0.2) is 59.6 Å². The van der Waals surface area contributed by atoms with Gasteiger partial charge in [0.15, 0.2) is 0 Å². The summed E-state index contributed by atoms with van der Waals surface area (Å²) in [6.45, 7) is 6.92. The van der Waals surface area contributed by atoms with Crippen LogP contribution in [0, 0.1) is 5.92 Å². The number of amides is 1. The molecule has 4 heterocycles. The number of rotatable bonds is 5. The predicted octanol–water partition coefficient (Wildman–Crippen LogP) is 3.75. The Morgan fingerprint density at radius 1 is 1.15 bits per heavy atom. The molecule has 0 saturated carbocycles. The van der Waals surface area contributed by atoms with Crippen molar-refractivity contribution in [2.75, 3.05) is 44.3 Å². The number of imidazole rings is 1. The molecule has 0 unspecified atom stereocenters. The molecule has 3 aromatic rings. The van der Waals surface area contributed by atoms with Crippen LogP contribution in [0.3, 0.4) is 0 Å². The highest BCUT2D eigenvalue weighted by Gasteiger charge is 2.29. The quantitative estimate of drug-likeness (QED) is 0.600. The van der Waals surface area contributed by atoms with Crippen LogP contribution in [0.5, 0.6) is 0 Å². The SMILES string of the molecule is CCc1ccc(-c2cn3c(N4CCN(C(=O)C5CCOCC5)CC4)cnc3cc2CN)c(Cl)c1. The predicted molar refractivity (Wildman–Crippen MR) is 135 cm³/mol. The molecule has 1 amide bonds.